The van der Waals surface area contributed by atoms with Crippen molar-refractivity contribution in [3.8, 4) is 0 Å². The van der Waals surface area contributed by atoms with Gasteiger partial charge in [0.1, 0.15) is 0 Å². The molecule has 1 aromatic rings. The van der Waals surface area contributed by atoms with Gasteiger partial charge in [-0.3, -0.25) is 5.10 Å². The third-order valence-electron chi connectivity index (χ3n) is 1.01. The van der Waals surface area contributed by atoms with Gasteiger partial charge in [0, 0.05) is 12.3 Å². The zero-order valence-electron chi connectivity index (χ0n) is 4.69. The molecule has 0 spiro atoms. The van der Waals surface area contributed by atoms with Gasteiger partial charge in [-0.05, 0) is 0 Å². The molecular formula is C5H6Cl2N2. The molecule has 1 N–H and O–H groups in total. The van der Waals surface area contributed by atoms with E-state index in [2.05, 4.69) is 10.2 Å². The van der Waals surface area contributed by atoms with Crippen LogP contribution in [-0.4, -0.2) is 16.1 Å². The van der Waals surface area contributed by atoms with Crippen molar-refractivity contribution in [1.29, 1.82) is 0 Å². The number of aromatic nitrogens is 2. The van der Waals surface area contributed by atoms with Gasteiger partial charge in [-0.25, -0.2) is 0 Å². The average Bonchev–Trinajstić information content (AvgIpc) is 2.18. The van der Waals surface area contributed by atoms with Crippen LogP contribution in [0, 0.1) is 0 Å². The summed E-state index contributed by atoms with van der Waals surface area (Å²) in [7, 11) is 0. The lowest BCUT2D eigenvalue weighted by Gasteiger charge is -1.88. The van der Waals surface area contributed by atoms with Crippen LogP contribution in [0.3, 0.4) is 0 Å². The van der Waals surface area contributed by atoms with Crippen molar-refractivity contribution in [2.45, 2.75) is 6.42 Å². The number of hydrogen-bond donors (Lipinski definition) is 1. The van der Waals surface area contributed by atoms with Crippen LogP contribution in [0.25, 0.3) is 0 Å². The first-order chi connectivity index (χ1) is 4.34. The second kappa shape index (κ2) is 3.08. The molecule has 0 aliphatic carbocycles. The Labute approximate surface area is 63.2 Å². The van der Waals surface area contributed by atoms with Crippen molar-refractivity contribution >= 4 is 23.2 Å². The summed E-state index contributed by atoms with van der Waals surface area (Å²) in [6.45, 7) is 0. The average molecular weight is 165 g/mol. The summed E-state index contributed by atoms with van der Waals surface area (Å²) in [6, 6.07) is 0. The molecule has 1 aromatic heterocycles. The maximum atomic E-state index is 5.67. The zero-order chi connectivity index (χ0) is 6.69. The Morgan fingerprint density at radius 2 is 2.44 bits per heavy atom. The highest BCUT2D eigenvalue weighted by Crippen LogP contribution is 2.11. The van der Waals surface area contributed by atoms with Crippen LogP contribution >= 0.6 is 23.2 Å². The molecule has 4 heteroatoms. The Bertz CT molecular complexity index is 185. The van der Waals surface area contributed by atoms with E-state index in [0.29, 0.717) is 10.9 Å². The predicted molar refractivity (Wildman–Crippen MR) is 38.0 cm³/mol. The SMILES string of the molecule is ClCCc1[nH]ncc1Cl. The maximum Gasteiger partial charge on any atom is 0.0815 e. The van der Waals surface area contributed by atoms with Gasteiger partial charge in [0.15, 0.2) is 0 Å². The molecule has 0 radical (unpaired) electrons. The van der Waals surface area contributed by atoms with Gasteiger partial charge < -0.3 is 0 Å². The summed E-state index contributed by atoms with van der Waals surface area (Å²) in [5, 5.41) is 7.13. The van der Waals surface area contributed by atoms with Crippen molar-refractivity contribution < 1.29 is 0 Å². The second-order valence-electron chi connectivity index (χ2n) is 1.64. The first-order valence-corrected chi connectivity index (χ1v) is 3.49. The number of aryl methyl sites for hydroxylation is 1. The monoisotopic (exact) mass is 164 g/mol. The van der Waals surface area contributed by atoms with Crippen LogP contribution in [0.15, 0.2) is 6.20 Å². The highest BCUT2D eigenvalue weighted by molar-refractivity contribution is 6.31. The molecule has 0 atom stereocenters. The number of halogens is 2. The van der Waals surface area contributed by atoms with Crippen LogP contribution < -0.4 is 0 Å². The topological polar surface area (TPSA) is 28.7 Å². The summed E-state index contributed by atoms with van der Waals surface area (Å²) in [4.78, 5) is 0. The third kappa shape index (κ3) is 1.60. The van der Waals surface area contributed by atoms with Crippen LogP contribution in [0.1, 0.15) is 5.69 Å². The lowest BCUT2D eigenvalue weighted by molar-refractivity contribution is 0.978. The van der Waals surface area contributed by atoms with E-state index >= 15 is 0 Å². The van der Waals surface area contributed by atoms with E-state index in [1.807, 2.05) is 0 Å². The first kappa shape index (κ1) is 6.90. The van der Waals surface area contributed by atoms with Crippen molar-refractivity contribution in [3.05, 3.63) is 16.9 Å². The molecule has 0 aliphatic heterocycles. The molecule has 0 saturated heterocycles. The summed E-state index contributed by atoms with van der Waals surface area (Å²) in [6.07, 6.45) is 2.32. The van der Waals surface area contributed by atoms with Gasteiger partial charge in [-0.1, -0.05) is 11.6 Å². The minimum atomic E-state index is 0.571. The highest BCUT2D eigenvalue weighted by atomic mass is 35.5. The Balaban J connectivity index is 2.69. The third-order valence-corrected chi connectivity index (χ3v) is 1.52. The zero-order valence-corrected chi connectivity index (χ0v) is 6.21. The largest absolute Gasteiger partial charge is 0.281 e. The summed E-state index contributed by atoms with van der Waals surface area (Å²) < 4.78 is 0. The quantitative estimate of drug-likeness (QED) is 0.665. The van der Waals surface area contributed by atoms with Crippen molar-refractivity contribution in [2.24, 2.45) is 0 Å². The van der Waals surface area contributed by atoms with E-state index < -0.39 is 0 Å². The van der Waals surface area contributed by atoms with Gasteiger partial charge in [0.25, 0.3) is 0 Å². The summed E-state index contributed by atoms with van der Waals surface area (Å²) >= 11 is 11.1. The number of nitrogens with zero attached hydrogens (tertiary/aromatic N) is 1. The minimum Gasteiger partial charge on any atom is -0.281 e. The standard InChI is InChI=1S/C5H6Cl2N2/c6-2-1-5-4(7)3-8-9-5/h3H,1-2H2,(H,8,9). The molecule has 9 heavy (non-hydrogen) atoms. The molecule has 0 aliphatic rings. The Morgan fingerprint density at radius 1 is 1.67 bits per heavy atom. The second-order valence-corrected chi connectivity index (χ2v) is 2.42. The Kier molecular flexibility index (Phi) is 2.37. The maximum absolute atomic E-state index is 5.67. The molecule has 2 nitrogen and oxygen atoms in total. The smallest absolute Gasteiger partial charge is 0.0815 e. The van der Waals surface area contributed by atoms with Crippen LogP contribution in [0.2, 0.25) is 5.02 Å². The molecule has 1 heterocycles. The number of alkyl halides is 1. The minimum absolute atomic E-state index is 0.571. The molecule has 0 aromatic carbocycles. The van der Waals surface area contributed by atoms with E-state index in [4.69, 9.17) is 23.2 Å². The van der Waals surface area contributed by atoms with Crippen LogP contribution in [0.5, 0.6) is 0 Å². The normalized spacial score (nSPS) is 10.0. The fourth-order valence-electron chi connectivity index (χ4n) is 0.568. The van der Waals surface area contributed by atoms with E-state index in [-0.39, 0.29) is 0 Å². The van der Waals surface area contributed by atoms with E-state index in [9.17, 15) is 0 Å². The molecule has 0 unspecified atom stereocenters. The fourth-order valence-corrected chi connectivity index (χ4v) is 0.943. The highest BCUT2D eigenvalue weighted by Gasteiger charge is 1.98. The molecular weight excluding hydrogens is 159 g/mol. The fraction of sp³-hybridized carbons (Fsp3) is 0.400. The first-order valence-electron chi connectivity index (χ1n) is 2.58. The van der Waals surface area contributed by atoms with E-state index in [1.54, 1.807) is 6.20 Å². The van der Waals surface area contributed by atoms with Crippen molar-refractivity contribution in [2.75, 3.05) is 5.88 Å². The number of nitrogens with one attached hydrogen (secondary N) is 1. The Morgan fingerprint density at radius 3 is 2.89 bits per heavy atom. The lowest BCUT2D eigenvalue weighted by Crippen LogP contribution is -1.85. The van der Waals surface area contributed by atoms with Crippen LogP contribution in [-0.2, 0) is 6.42 Å². The van der Waals surface area contributed by atoms with Crippen molar-refractivity contribution in [3.63, 3.8) is 0 Å². The molecule has 1 rings (SSSR count). The molecule has 0 amide bonds. The number of H-pyrrole nitrogens is 1. The lowest BCUT2D eigenvalue weighted by atomic mass is 10.3. The summed E-state index contributed by atoms with van der Waals surface area (Å²) in [5.74, 6) is 0.571. The molecule has 0 bridgehead atoms. The van der Waals surface area contributed by atoms with E-state index in [1.165, 1.54) is 0 Å². The van der Waals surface area contributed by atoms with Gasteiger partial charge in [-0.15, -0.1) is 11.6 Å². The van der Waals surface area contributed by atoms with Gasteiger partial charge >= 0.3 is 0 Å². The number of hydrogen-bond acceptors (Lipinski definition) is 1. The van der Waals surface area contributed by atoms with Gasteiger partial charge in [-0.2, -0.15) is 5.10 Å². The molecule has 0 fully saturated rings. The Hall–Kier alpha value is -0.210. The number of rotatable bonds is 2. The van der Waals surface area contributed by atoms with Crippen molar-refractivity contribution in [1.82, 2.24) is 10.2 Å². The number of aromatic amines is 1. The van der Waals surface area contributed by atoms with Gasteiger partial charge in [0.2, 0.25) is 0 Å². The van der Waals surface area contributed by atoms with Crippen LogP contribution in [0.4, 0.5) is 0 Å². The summed E-state index contributed by atoms with van der Waals surface area (Å²) in [5.41, 5.74) is 0.909. The van der Waals surface area contributed by atoms with Gasteiger partial charge in [0.05, 0.1) is 16.9 Å². The molecule has 0 saturated carbocycles. The molecule has 50 valence electrons. The predicted octanol–water partition coefficient (Wildman–Crippen LogP) is 1.84. The van der Waals surface area contributed by atoms with E-state index in [0.717, 1.165) is 12.1 Å².